The summed E-state index contributed by atoms with van der Waals surface area (Å²) in [5, 5.41) is 3.19. The molecule has 7 heteroatoms. The maximum Gasteiger partial charge on any atom is 0.278 e. The molecule has 1 N–H and O–H groups in total. The van der Waals surface area contributed by atoms with Gasteiger partial charge >= 0.3 is 0 Å². The van der Waals surface area contributed by atoms with Crippen LogP contribution in [-0.2, 0) is 16.1 Å². The second-order valence-corrected chi connectivity index (χ2v) is 8.01. The Kier molecular flexibility index (Phi) is 6.92. The fourth-order valence-electron chi connectivity index (χ4n) is 3.77. The average molecular weight is 458 g/mol. The number of hydrogen-bond donors (Lipinski definition) is 1. The predicted molar refractivity (Wildman–Crippen MR) is 130 cm³/mol. The Morgan fingerprint density at radius 1 is 1.03 bits per heavy atom. The van der Waals surface area contributed by atoms with Gasteiger partial charge in [0.2, 0.25) is 0 Å². The molecule has 1 aromatic heterocycles. The van der Waals surface area contributed by atoms with E-state index in [0.29, 0.717) is 34.9 Å². The third-order valence-corrected chi connectivity index (χ3v) is 5.46. The Morgan fingerprint density at radius 3 is 2.50 bits per heavy atom. The molecule has 0 spiro atoms. The normalized spacial score (nSPS) is 13.4. The zero-order chi connectivity index (χ0) is 24.1. The van der Waals surface area contributed by atoms with E-state index in [-0.39, 0.29) is 18.1 Å². The number of carbonyl (C=O) groups excluding carboxylic acids is 2. The summed E-state index contributed by atoms with van der Waals surface area (Å²) in [7, 11) is 1.57. The van der Waals surface area contributed by atoms with Crippen molar-refractivity contribution in [3.8, 4) is 11.5 Å². The summed E-state index contributed by atoms with van der Waals surface area (Å²) in [4.78, 5) is 32.4. The molecule has 1 aliphatic heterocycles. The Labute approximate surface area is 199 Å². The number of ether oxygens (including phenoxy) is 2. The first-order chi connectivity index (χ1) is 16.5. The average Bonchev–Trinajstić information content (AvgIpc) is 3.08. The van der Waals surface area contributed by atoms with Gasteiger partial charge in [0.05, 0.1) is 31.5 Å². The number of carbonyl (C=O) groups is 2. The van der Waals surface area contributed by atoms with E-state index in [9.17, 15) is 9.59 Å². The molecule has 4 rings (SSSR count). The lowest BCUT2D eigenvalue weighted by Crippen LogP contribution is -2.32. The van der Waals surface area contributed by atoms with Crippen LogP contribution < -0.4 is 14.8 Å². The van der Waals surface area contributed by atoms with Gasteiger partial charge in [-0.25, -0.2) is 0 Å². The van der Waals surface area contributed by atoms with Crippen molar-refractivity contribution in [2.75, 3.05) is 19.0 Å². The Bertz CT molecular complexity index is 1220. The van der Waals surface area contributed by atoms with E-state index in [1.807, 2.05) is 50.2 Å². The molecule has 3 aromatic rings. The molecule has 0 unspecified atom stereocenters. The van der Waals surface area contributed by atoms with E-state index in [0.717, 1.165) is 17.5 Å². The zero-order valence-corrected chi connectivity index (χ0v) is 19.5. The van der Waals surface area contributed by atoms with Crippen LogP contribution in [0.25, 0.3) is 5.57 Å². The van der Waals surface area contributed by atoms with Crippen LogP contribution in [0, 0.1) is 6.92 Å². The summed E-state index contributed by atoms with van der Waals surface area (Å²) in [6, 6.07) is 16.5. The lowest BCUT2D eigenvalue weighted by atomic mass is 10.0. The number of aryl methyl sites for hydroxylation is 1. The maximum atomic E-state index is 13.5. The van der Waals surface area contributed by atoms with Crippen LogP contribution in [-0.4, -0.2) is 35.4 Å². The number of imide groups is 1. The Balaban J connectivity index is 1.74. The molecule has 0 saturated carbocycles. The van der Waals surface area contributed by atoms with Crippen LogP contribution in [0.3, 0.4) is 0 Å². The molecule has 0 radical (unpaired) electrons. The van der Waals surface area contributed by atoms with Crippen LogP contribution >= 0.6 is 0 Å². The van der Waals surface area contributed by atoms with Crippen LogP contribution in [0.4, 0.5) is 5.69 Å². The van der Waals surface area contributed by atoms with Gasteiger partial charge in [-0.15, -0.1) is 0 Å². The predicted octanol–water partition coefficient (Wildman–Crippen LogP) is 4.58. The van der Waals surface area contributed by atoms with E-state index < -0.39 is 5.91 Å². The van der Waals surface area contributed by atoms with Crippen LogP contribution in [0.1, 0.15) is 30.0 Å². The zero-order valence-electron chi connectivity index (χ0n) is 19.5. The largest absolute Gasteiger partial charge is 0.495 e. The van der Waals surface area contributed by atoms with Gasteiger partial charge in [0, 0.05) is 12.4 Å². The van der Waals surface area contributed by atoms with Crippen LogP contribution in [0.2, 0.25) is 0 Å². The van der Waals surface area contributed by atoms with Gasteiger partial charge in [0.1, 0.15) is 17.2 Å². The number of anilines is 1. The Morgan fingerprint density at radius 2 is 1.82 bits per heavy atom. The molecule has 0 saturated heterocycles. The number of nitrogens with one attached hydrogen (secondary N) is 1. The van der Waals surface area contributed by atoms with Gasteiger partial charge in [0.15, 0.2) is 0 Å². The molecule has 34 heavy (non-hydrogen) atoms. The van der Waals surface area contributed by atoms with Gasteiger partial charge in [-0.3, -0.25) is 19.5 Å². The molecular weight excluding hydrogens is 430 g/mol. The lowest BCUT2D eigenvalue weighted by Gasteiger charge is -2.16. The van der Waals surface area contributed by atoms with Gasteiger partial charge < -0.3 is 14.8 Å². The van der Waals surface area contributed by atoms with Crippen LogP contribution in [0.15, 0.2) is 72.7 Å². The van der Waals surface area contributed by atoms with E-state index in [2.05, 4.69) is 10.3 Å². The SMILES string of the molecule is CCCOc1ccc(C2=C(Nc3cc(C)ccc3OC)C(=O)N(Cc3cccnc3)C2=O)cc1. The van der Waals surface area contributed by atoms with Crippen molar-refractivity contribution in [1.29, 1.82) is 0 Å². The molecule has 0 bridgehead atoms. The first-order valence-corrected chi connectivity index (χ1v) is 11.2. The van der Waals surface area contributed by atoms with Gasteiger partial charge in [-0.05, 0) is 60.4 Å². The quantitative estimate of drug-likeness (QED) is 0.474. The molecule has 2 amide bonds. The van der Waals surface area contributed by atoms with Crippen molar-refractivity contribution in [2.24, 2.45) is 0 Å². The lowest BCUT2D eigenvalue weighted by molar-refractivity contribution is -0.137. The molecule has 0 atom stereocenters. The minimum absolute atomic E-state index is 0.128. The van der Waals surface area contributed by atoms with Crippen LogP contribution in [0.5, 0.6) is 11.5 Å². The highest BCUT2D eigenvalue weighted by Gasteiger charge is 2.39. The monoisotopic (exact) mass is 457 g/mol. The van der Waals surface area contributed by atoms with Gasteiger partial charge in [-0.1, -0.05) is 31.2 Å². The fourth-order valence-corrected chi connectivity index (χ4v) is 3.77. The Hall–Kier alpha value is -4.13. The third kappa shape index (κ3) is 4.78. The number of pyridine rings is 1. The van der Waals surface area contributed by atoms with E-state index in [4.69, 9.17) is 9.47 Å². The minimum atomic E-state index is -0.404. The summed E-state index contributed by atoms with van der Waals surface area (Å²) >= 11 is 0. The molecule has 1 aliphatic rings. The summed E-state index contributed by atoms with van der Waals surface area (Å²) in [5.41, 5.74) is 3.51. The van der Waals surface area contributed by atoms with Crippen molar-refractivity contribution in [3.05, 3.63) is 89.4 Å². The number of methoxy groups -OCH3 is 1. The van der Waals surface area contributed by atoms with Crippen molar-refractivity contribution in [2.45, 2.75) is 26.8 Å². The molecular formula is C27H27N3O4. The molecule has 174 valence electrons. The highest BCUT2D eigenvalue weighted by Crippen LogP contribution is 2.35. The molecule has 7 nitrogen and oxygen atoms in total. The van der Waals surface area contributed by atoms with Crippen molar-refractivity contribution in [1.82, 2.24) is 9.88 Å². The summed E-state index contributed by atoms with van der Waals surface area (Å²) in [6.45, 7) is 4.72. The molecule has 2 heterocycles. The highest BCUT2D eigenvalue weighted by molar-refractivity contribution is 6.36. The standard InChI is InChI=1S/C27H27N3O4/c1-4-14-34-21-10-8-20(9-11-21)24-25(29-22-15-18(2)7-12-23(22)33-3)27(32)30(26(24)31)17-19-6-5-13-28-16-19/h5-13,15-16,29H,4,14,17H2,1-3H3. The smallest absolute Gasteiger partial charge is 0.278 e. The highest BCUT2D eigenvalue weighted by atomic mass is 16.5. The number of rotatable bonds is 9. The van der Waals surface area contributed by atoms with Gasteiger partial charge in [-0.2, -0.15) is 0 Å². The maximum absolute atomic E-state index is 13.5. The van der Waals surface area contributed by atoms with Crippen molar-refractivity contribution in [3.63, 3.8) is 0 Å². The second kappa shape index (κ2) is 10.2. The number of aromatic nitrogens is 1. The fraction of sp³-hybridized carbons (Fsp3) is 0.222. The number of nitrogens with zero attached hydrogens (tertiary/aromatic N) is 2. The van der Waals surface area contributed by atoms with E-state index in [1.54, 1.807) is 37.7 Å². The molecule has 0 fully saturated rings. The topological polar surface area (TPSA) is 80.8 Å². The first-order valence-electron chi connectivity index (χ1n) is 11.2. The summed E-state index contributed by atoms with van der Waals surface area (Å²) < 4.78 is 11.1. The van der Waals surface area contributed by atoms with Gasteiger partial charge in [0.25, 0.3) is 11.8 Å². The number of amides is 2. The third-order valence-electron chi connectivity index (χ3n) is 5.46. The number of benzene rings is 2. The van der Waals surface area contributed by atoms with E-state index in [1.165, 1.54) is 4.90 Å². The molecule has 0 aliphatic carbocycles. The van der Waals surface area contributed by atoms with Crippen molar-refractivity contribution < 1.29 is 19.1 Å². The minimum Gasteiger partial charge on any atom is -0.495 e. The number of hydrogen-bond acceptors (Lipinski definition) is 6. The van der Waals surface area contributed by atoms with Crippen molar-refractivity contribution >= 4 is 23.1 Å². The first kappa shape index (κ1) is 23.0. The second-order valence-electron chi connectivity index (χ2n) is 8.01. The van der Waals surface area contributed by atoms with E-state index >= 15 is 0 Å². The summed E-state index contributed by atoms with van der Waals surface area (Å²) in [6.07, 6.45) is 4.20. The molecule has 2 aromatic carbocycles. The summed E-state index contributed by atoms with van der Waals surface area (Å²) in [5.74, 6) is 0.515.